The van der Waals surface area contributed by atoms with Gasteiger partial charge in [0.1, 0.15) is 0 Å². The molecule has 0 fully saturated rings. The van der Waals surface area contributed by atoms with Crippen molar-refractivity contribution < 1.29 is 0 Å². The Morgan fingerprint density at radius 2 is 0.543 bits per heavy atom. The van der Waals surface area contributed by atoms with E-state index in [9.17, 15) is 0 Å². The van der Waals surface area contributed by atoms with Crippen molar-refractivity contribution in [2.45, 2.75) is 90.9 Å². The lowest BCUT2D eigenvalue weighted by molar-refractivity contribution is 0.600. The second kappa shape index (κ2) is 14.6. The standard InChI is InChI=1S/C68H60N2/c1-41-42(2)62-54-36-32-48(70(44-23-15-12-16-24-44)46-30-34-52-50-26-18-20-28-56(50)66(5,6)58(52)38-46)40-60(54)68(9,10)64(62)63-61(41)53-35-31-47(39-59(53)67(63,7)8)69(43-21-13-11-14-22-43)45-29-33-51-49-25-17-19-27-55(49)65(3,4)57(51)37-45/h11-40H,1-10H3. The number of hydrogen-bond acceptors (Lipinski definition) is 2. The van der Waals surface area contributed by atoms with Gasteiger partial charge in [-0.1, -0.05) is 165 Å². The molecule has 342 valence electrons. The van der Waals surface area contributed by atoms with E-state index in [1.807, 2.05) is 0 Å². The molecule has 0 heterocycles. The van der Waals surface area contributed by atoms with Crippen LogP contribution in [0.3, 0.4) is 0 Å². The Labute approximate surface area is 414 Å². The molecule has 0 saturated heterocycles. The van der Waals surface area contributed by atoms with Crippen LogP contribution in [0, 0.1) is 13.8 Å². The molecule has 9 aromatic rings. The third kappa shape index (κ3) is 5.68. The van der Waals surface area contributed by atoms with E-state index in [1.165, 1.54) is 123 Å². The predicted molar refractivity (Wildman–Crippen MR) is 296 cm³/mol. The molecule has 0 amide bonds. The molecule has 13 rings (SSSR count). The fourth-order valence-corrected chi connectivity index (χ4v) is 13.7. The number of nitrogens with zero attached hydrogens (tertiary/aromatic N) is 2. The lowest BCUT2D eigenvalue weighted by Gasteiger charge is -2.33. The molecular weight excluding hydrogens is 845 g/mol. The fourth-order valence-electron chi connectivity index (χ4n) is 13.7. The molecule has 0 saturated carbocycles. The van der Waals surface area contributed by atoms with E-state index in [2.05, 4.69) is 261 Å². The van der Waals surface area contributed by atoms with Gasteiger partial charge in [0.05, 0.1) is 0 Å². The summed E-state index contributed by atoms with van der Waals surface area (Å²) >= 11 is 0. The van der Waals surface area contributed by atoms with Gasteiger partial charge in [-0.2, -0.15) is 0 Å². The van der Waals surface area contributed by atoms with E-state index >= 15 is 0 Å². The Morgan fingerprint density at radius 3 is 0.900 bits per heavy atom. The molecule has 2 nitrogen and oxygen atoms in total. The van der Waals surface area contributed by atoms with Crippen molar-refractivity contribution in [3.63, 3.8) is 0 Å². The van der Waals surface area contributed by atoms with Gasteiger partial charge in [0, 0.05) is 55.8 Å². The molecule has 70 heavy (non-hydrogen) atoms. The molecule has 2 heteroatoms. The fraction of sp³-hybridized carbons (Fsp3) is 0.206. The molecule has 0 aromatic heterocycles. The molecule has 9 aromatic carbocycles. The summed E-state index contributed by atoms with van der Waals surface area (Å²) in [6, 6.07) is 68.6. The summed E-state index contributed by atoms with van der Waals surface area (Å²) in [7, 11) is 0. The van der Waals surface area contributed by atoms with Crippen LogP contribution in [0.1, 0.15) is 111 Å². The molecule has 0 spiro atoms. The van der Waals surface area contributed by atoms with Crippen LogP contribution in [0.5, 0.6) is 0 Å². The molecule has 0 aliphatic heterocycles. The highest BCUT2D eigenvalue weighted by molar-refractivity contribution is 5.97. The maximum absolute atomic E-state index is 2.51. The maximum atomic E-state index is 2.51. The van der Waals surface area contributed by atoms with Gasteiger partial charge in [0.2, 0.25) is 0 Å². The van der Waals surface area contributed by atoms with E-state index in [1.54, 1.807) is 0 Å². The van der Waals surface area contributed by atoms with E-state index < -0.39 is 0 Å². The van der Waals surface area contributed by atoms with Crippen molar-refractivity contribution >= 4 is 34.1 Å². The first-order valence-corrected chi connectivity index (χ1v) is 25.3. The quantitative estimate of drug-likeness (QED) is 0.164. The van der Waals surface area contributed by atoms with Crippen LogP contribution in [0.2, 0.25) is 0 Å². The predicted octanol–water partition coefficient (Wildman–Crippen LogP) is 18.5. The minimum atomic E-state index is -0.264. The number of anilines is 6. The van der Waals surface area contributed by atoms with Crippen molar-refractivity contribution in [1.29, 1.82) is 0 Å². The summed E-state index contributed by atoms with van der Waals surface area (Å²) in [5, 5.41) is 0. The minimum Gasteiger partial charge on any atom is -0.310 e. The van der Waals surface area contributed by atoms with Crippen LogP contribution in [0.4, 0.5) is 34.1 Å². The third-order valence-corrected chi connectivity index (χ3v) is 17.4. The Hall–Kier alpha value is -7.42. The zero-order chi connectivity index (χ0) is 48.2. The summed E-state index contributed by atoms with van der Waals surface area (Å²) in [6.45, 7) is 24.2. The minimum absolute atomic E-state index is 0.0986. The first-order valence-electron chi connectivity index (χ1n) is 25.3. The van der Waals surface area contributed by atoms with E-state index in [4.69, 9.17) is 0 Å². The van der Waals surface area contributed by atoms with E-state index in [0.717, 1.165) is 11.4 Å². The number of hydrogen-bond donors (Lipinski definition) is 0. The van der Waals surface area contributed by atoms with Crippen LogP contribution in [0.25, 0.3) is 44.5 Å². The number of para-hydroxylation sites is 2. The Kier molecular flexibility index (Phi) is 8.88. The topological polar surface area (TPSA) is 6.48 Å². The van der Waals surface area contributed by atoms with Crippen LogP contribution in [0.15, 0.2) is 182 Å². The highest BCUT2D eigenvalue weighted by Crippen LogP contribution is 2.63. The van der Waals surface area contributed by atoms with Gasteiger partial charge in [-0.25, -0.2) is 0 Å². The van der Waals surface area contributed by atoms with Crippen molar-refractivity contribution in [1.82, 2.24) is 0 Å². The van der Waals surface area contributed by atoms with Gasteiger partial charge in [0.15, 0.2) is 0 Å². The smallest absolute Gasteiger partial charge is 0.0465 e. The normalized spacial score (nSPS) is 16.0. The van der Waals surface area contributed by atoms with Crippen molar-refractivity contribution in [2.75, 3.05) is 9.80 Å². The van der Waals surface area contributed by atoms with E-state index in [0.29, 0.717) is 0 Å². The first-order chi connectivity index (χ1) is 33.6. The molecule has 0 unspecified atom stereocenters. The SMILES string of the molecule is Cc1c(C)c2c(c3c1-c1ccc(N(c4ccccc4)c4ccc5c(c4)C(C)(C)c4ccccc4-5)cc1C3(C)C)C(C)(C)c1cc(N(c3ccccc3)c3ccc4c(c3)C(C)(C)c3ccccc3-4)ccc1-2. The molecule has 0 radical (unpaired) electrons. The van der Waals surface area contributed by atoms with E-state index in [-0.39, 0.29) is 21.7 Å². The summed E-state index contributed by atoms with van der Waals surface area (Å²) in [5.41, 5.74) is 31.2. The van der Waals surface area contributed by atoms with Gasteiger partial charge in [-0.05, 0) is 187 Å². The highest BCUT2D eigenvalue weighted by atomic mass is 15.1. The highest BCUT2D eigenvalue weighted by Gasteiger charge is 2.48. The zero-order valence-corrected chi connectivity index (χ0v) is 42.2. The maximum Gasteiger partial charge on any atom is 0.0465 e. The Bertz CT molecular complexity index is 3440. The summed E-state index contributed by atoms with van der Waals surface area (Å²) in [6.07, 6.45) is 0. The Balaban J connectivity index is 0.931. The van der Waals surface area contributed by atoms with Crippen LogP contribution in [-0.4, -0.2) is 0 Å². The second-order valence-electron chi connectivity index (χ2n) is 22.6. The van der Waals surface area contributed by atoms with Gasteiger partial charge in [-0.15, -0.1) is 0 Å². The van der Waals surface area contributed by atoms with Gasteiger partial charge in [-0.3, -0.25) is 0 Å². The summed E-state index contributed by atoms with van der Waals surface area (Å²) in [4.78, 5) is 4.95. The van der Waals surface area contributed by atoms with Gasteiger partial charge in [0.25, 0.3) is 0 Å². The molecular formula is C68H60N2. The van der Waals surface area contributed by atoms with Gasteiger partial charge >= 0.3 is 0 Å². The average Bonchev–Trinajstić information content (AvgIpc) is 3.93. The number of fused-ring (bicyclic) bond motifs is 13. The van der Waals surface area contributed by atoms with Crippen molar-refractivity contribution in [3.8, 4) is 44.5 Å². The molecule has 0 N–H and O–H groups in total. The van der Waals surface area contributed by atoms with Crippen LogP contribution >= 0.6 is 0 Å². The lowest BCUT2D eigenvalue weighted by atomic mass is 9.71. The van der Waals surface area contributed by atoms with Crippen LogP contribution < -0.4 is 9.80 Å². The average molecular weight is 905 g/mol. The summed E-state index contributed by atoms with van der Waals surface area (Å²) in [5.74, 6) is 0. The number of benzene rings is 9. The summed E-state index contributed by atoms with van der Waals surface area (Å²) < 4.78 is 0. The zero-order valence-electron chi connectivity index (χ0n) is 42.2. The van der Waals surface area contributed by atoms with Gasteiger partial charge < -0.3 is 9.80 Å². The Morgan fingerprint density at radius 1 is 0.257 bits per heavy atom. The largest absolute Gasteiger partial charge is 0.310 e. The lowest BCUT2D eigenvalue weighted by Crippen LogP contribution is -2.25. The third-order valence-electron chi connectivity index (χ3n) is 17.4. The van der Waals surface area contributed by atoms with Crippen molar-refractivity contribution in [2.24, 2.45) is 0 Å². The first kappa shape index (κ1) is 42.7. The monoisotopic (exact) mass is 904 g/mol. The second-order valence-corrected chi connectivity index (χ2v) is 22.6. The molecule has 0 atom stereocenters. The van der Waals surface area contributed by atoms with Crippen LogP contribution in [-0.2, 0) is 21.7 Å². The number of rotatable bonds is 6. The molecule has 4 aliphatic rings. The molecule has 4 aliphatic carbocycles. The van der Waals surface area contributed by atoms with Crippen molar-refractivity contribution in [3.05, 3.63) is 238 Å². The molecule has 0 bridgehead atoms.